The van der Waals surface area contributed by atoms with Crippen LogP contribution in [0.1, 0.15) is 0 Å². The van der Waals surface area contributed by atoms with Gasteiger partial charge >= 0.3 is 0 Å². The molecule has 0 saturated heterocycles. The summed E-state index contributed by atoms with van der Waals surface area (Å²) in [5.74, 6) is 1.28. The second-order valence-corrected chi connectivity index (χ2v) is 10.7. The minimum atomic E-state index is 0.589. The summed E-state index contributed by atoms with van der Waals surface area (Å²) < 4.78 is 11.3. The quantitative estimate of drug-likeness (QED) is 0.218. The monoisotopic (exact) mass is 552 g/mol. The van der Waals surface area contributed by atoms with Crippen molar-refractivity contribution in [3.05, 3.63) is 146 Å². The number of fused-ring (bicyclic) bond motifs is 6. The van der Waals surface area contributed by atoms with Crippen LogP contribution in [0.3, 0.4) is 0 Å². The van der Waals surface area contributed by atoms with Crippen LogP contribution in [0.25, 0.3) is 77.9 Å². The lowest BCUT2D eigenvalue weighted by Crippen LogP contribution is -1.96. The molecule has 5 nitrogen and oxygen atoms in total. The summed E-state index contributed by atoms with van der Waals surface area (Å²) >= 11 is 0. The molecule has 5 heteroatoms. The van der Waals surface area contributed by atoms with Gasteiger partial charge in [-0.25, -0.2) is 4.98 Å². The number of hydrogen-bond acceptors (Lipinski definition) is 3. The van der Waals surface area contributed by atoms with Crippen LogP contribution in [0.5, 0.6) is 0 Å². The third kappa shape index (κ3) is 3.58. The van der Waals surface area contributed by atoms with Crippen molar-refractivity contribution in [2.45, 2.75) is 0 Å². The van der Waals surface area contributed by atoms with Crippen molar-refractivity contribution < 1.29 is 4.42 Å². The van der Waals surface area contributed by atoms with Gasteiger partial charge in [-0.2, -0.15) is 0 Å². The predicted octanol–water partition coefficient (Wildman–Crippen LogP) is 9.60. The molecule has 9 rings (SSSR count). The van der Waals surface area contributed by atoms with Gasteiger partial charge in [0.05, 0.1) is 34.0 Å². The zero-order chi connectivity index (χ0) is 28.3. The van der Waals surface area contributed by atoms with E-state index in [-0.39, 0.29) is 0 Å². The van der Waals surface area contributed by atoms with Crippen LogP contribution in [0.4, 0.5) is 0 Å². The molecule has 0 N–H and O–H groups in total. The fraction of sp³-hybridized carbons (Fsp3) is 0. The molecule has 202 valence electrons. The third-order valence-electron chi connectivity index (χ3n) is 8.25. The highest BCUT2D eigenvalue weighted by molar-refractivity contribution is 6.19. The summed E-state index contributed by atoms with van der Waals surface area (Å²) in [6.45, 7) is 0. The molecule has 0 aliphatic carbocycles. The second-order valence-electron chi connectivity index (χ2n) is 10.7. The summed E-state index contributed by atoms with van der Waals surface area (Å²) in [5, 5.41) is 4.72. The maximum Gasteiger partial charge on any atom is 0.233 e. The Hall–Kier alpha value is -5.94. The number of aromatic nitrogens is 4. The average molecular weight is 553 g/mol. The second kappa shape index (κ2) is 9.29. The van der Waals surface area contributed by atoms with E-state index in [9.17, 15) is 0 Å². The Morgan fingerprint density at radius 3 is 1.77 bits per heavy atom. The smallest absolute Gasteiger partial charge is 0.233 e. The Bertz CT molecular complexity index is 2440. The highest BCUT2D eigenvalue weighted by atomic mass is 16.4. The normalized spacial score (nSPS) is 11.7. The first-order chi connectivity index (χ1) is 21.3. The molecule has 4 heterocycles. The van der Waals surface area contributed by atoms with Gasteiger partial charge in [0.15, 0.2) is 0 Å². The molecule has 0 fully saturated rings. The Balaban J connectivity index is 1.43. The zero-order valence-electron chi connectivity index (χ0n) is 23.1. The maximum absolute atomic E-state index is 6.74. The van der Waals surface area contributed by atoms with Gasteiger partial charge in [-0.1, -0.05) is 84.9 Å². The van der Waals surface area contributed by atoms with Crippen molar-refractivity contribution >= 4 is 43.6 Å². The lowest BCUT2D eigenvalue weighted by atomic mass is 10.1. The van der Waals surface area contributed by atoms with Gasteiger partial charge in [0, 0.05) is 38.9 Å². The topological polar surface area (TPSA) is 48.8 Å². The van der Waals surface area contributed by atoms with Crippen molar-refractivity contribution in [2.24, 2.45) is 0 Å². The van der Waals surface area contributed by atoms with Gasteiger partial charge in [-0.3, -0.25) is 9.55 Å². The predicted molar refractivity (Wildman–Crippen MR) is 174 cm³/mol. The van der Waals surface area contributed by atoms with Crippen LogP contribution < -0.4 is 0 Å². The van der Waals surface area contributed by atoms with E-state index < -0.39 is 0 Å². The first-order valence-corrected chi connectivity index (χ1v) is 14.3. The summed E-state index contributed by atoms with van der Waals surface area (Å²) in [6, 6.07) is 46.2. The van der Waals surface area contributed by atoms with E-state index in [2.05, 4.69) is 93.0 Å². The Morgan fingerprint density at radius 1 is 0.488 bits per heavy atom. The van der Waals surface area contributed by atoms with Crippen LogP contribution in [0.2, 0.25) is 0 Å². The number of oxazole rings is 1. The molecule has 0 amide bonds. The number of rotatable bonds is 4. The Kier molecular flexibility index (Phi) is 5.13. The average Bonchev–Trinajstić information content (AvgIpc) is 3.75. The number of nitrogens with zero attached hydrogens (tertiary/aromatic N) is 4. The third-order valence-corrected chi connectivity index (χ3v) is 8.25. The summed E-state index contributed by atoms with van der Waals surface area (Å²) in [7, 11) is 0. The van der Waals surface area contributed by atoms with E-state index in [0.29, 0.717) is 11.8 Å². The largest absolute Gasteiger partial charge is 0.419 e. The van der Waals surface area contributed by atoms with Gasteiger partial charge < -0.3 is 8.98 Å². The van der Waals surface area contributed by atoms with Gasteiger partial charge in [-0.05, 0) is 48.5 Å². The molecule has 5 aromatic carbocycles. The molecule has 43 heavy (non-hydrogen) atoms. The Morgan fingerprint density at radius 2 is 1.09 bits per heavy atom. The minimum absolute atomic E-state index is 0.589. The van der Waals surface area contributed by atoms with Gasteiger partial charge in [-0.15, -0.1) is 0 Å². The molecule has 0 spiro atoms. The van der Waals surface area contributed by atoms with Crippen LogP contribution in [-0.4, -0.2) is 19.1 Å². The van der Waals surface area contributed by atoms with Gasteiger partial charge in [0.1, 0.15) is 5.69 Å². The van der Waals surface area contributed by atoms with Crippen molar-refractivity contribution in [2.75, 3.05) is 0 Å². The first-order valence-electron chi connectivity index (χ1n) is 14.3. The van der Waals surface area contributed by atoms with Crippen molar-refractivity contribution in [3.63, 3.8) is 0 Å². The van der Waals surface area contributed by atoms with E-state index in [1.54, 1.807) is 0 Å². The lowest BCUT2D eigenvalue weighted by Gasteiger charge is -2.09. The summed E-state index contributed by atoms with van der Waals surface area (Å²) in [4.78, 5) is 9.53. The molecule has 9 aromatic rings. The first kappa shape index (κ1) is 23.7. The SMILES string of the molecule is c1ccc(-c2nc(-c3ccccc3)c(-n3c4ccccc4c4cc5c6ccccc6n(-c6cccnc6)c5cc43)o2)cc1. The Labute approximate surface area is 246 Å². The van der Waals surface area contributed by atoms with E-state index in [1.807, 2.05) is 67.0 Å². The van der Waals surface area contributed by atoms with Crippen molar-refractivity contribution in [1.29, 1.82) is 0 Å². The molecule has 0 aliphatic rings. The maximum atomic E-state index is 6.74. The van der Waals surface area contributed by atoms with Crippen LogP contribution in [-0.2, 0) is 0 Å². The highest BCUT2D eigenvalue weighted by Gasteiger charge is 2.24. The number of hydrogen-bond donors (Lipinski definition) is 0. The van der Waals surface area contributed by atoms with Crippen molar-refractivity contribution in [3.8, 4) is 34.3 Å². The van der Waals surface area contributed by atoms with Gasteiger partial charge in [0.2, 0.25) is 11.8 Å². The lowest BCUT2D eigenvalue weighted by molar-refractivity contribution is 0.554. The molecule has 0 radical (unpaired) electrons. The summed E-state index contributed by atoms with van der Waals surface area (Å²) in [6.07, 6.45) is 3.73. The molecular weight excluding hydrogens is 528 g/mol. The molecule has 0 unspecified atom stereocenters. The molecule has 0 aliphatic heterocycles. The van der Waals surface area contributed by atoms with Crippen LogP contribution in [0.15, 0.2) is 150 Å². The van der Waals surface area contributed by atoms with Crippen LogP contribution in [0, 0.1) is 0 Å². The van der Waals surface area contributed by atoms with E-state index in [0.717, 1.165) is 55.3 Å². The number of benzene rings is 5. The molecule has 0 saturated carbocycles. The number of pyridine rings is 1. The highest BCUT2D eigenvalue weighted by Crippen LogP contribution is 2.42. The molecule has 0 bridgehead atoms. The van der Waals surface area contributed by atoms with Gasteiger partial charge in [0.25, 0.3) is 0 Å². The minimum Gasteiger partial charge on any atom is -0.419 e. The fourth-order valence-electron chi connectivity index (χ4n) is 6.37. The molecule has 0 atom stereocenters. The van der Waals surface area contributed by atoms with E-state index in [1.165, 1.54) is 10.8 Å². The zero-order valence-corrected chi connectivity index (χ0v) is 23.1. The van der Waals surface area contributed by atoms with Crippen molar-refractivity contribution in [1.82, 2.24) is 19.1 Å². The van der Waals surface area contributed by atoms with E-state index in [4.69, 9.17) is 9.40 Å². The van der Waals surface area contributed by atoms with E-state index >= 15 is 0 Å². The molecule has 4 aromatic heterocycles. The summed E-state index contributed by atoms with van der Waals surface area (Å²) in [5.41, 5.74) is 8.12. The number of para-hydroxylation sites is 2. The van der Waals surface area contributed by atoms with Crippen LogP contribution >= 0.6 is 0 Å². The molecular formula is C38H24N4O. The fourth-order valence-corrected chi connectivity index (χ4v) is 6.37. The standard InChI is InChI=1S/C38H24N4O/c1-3-12-25(13-4-1)36-38(43-37(40-36)26-14-5-2-6-15-26)42-33-20-10-8-18-29(33)31-22-30-28-17-7-9-19-32(28)41(34(30)23-35(31)42)27-16-11-21-39-24-27/h1-24H.